The van der Waals surface area contributed by atoms with Crippen LogP contribution in [0.5, 0.6) is 28.7 Å². The fourth-order valence-corrected chi connectivity index (χ4v) is 3.05. The summed E-state index contributed by atoms with van der Waals surface area (Å²) >= 11 is 0. The van der Waals surface area contributed by atoms with Crippen molar-refractivity contribution in [3.63, 3.8) is 0 Å². The van der Waals surface area contributed by atoms with Gasteiger partial charge < -0.3 is 33.9 Å². The zero-order valence-electron chi connectivity index (χ0n) is 16.4. The summed E-state index contributed by atoms with van der Waals surface area (Å²) in [6.07, 6.45) is -0.979. The van der Waals surface area contributed by atoms with Gasteiger partial charge in [0.25, 0.3) is 0 Å². The number of ether oxygens (including phenoxy) is 5. The van der Waals surface area contributed by atoms with Gasteiger partial charge >= 0.3 is 0 Å². The number of hydrogen-bond acceptors (Lipinski definition) is 8. The molecule has 0 heterocycles. The van der Waals surface area contributed by atoms with Crippen molar-refractivity contribution < 1.29 is 38.7 Å². The molecule has 0 aliphatic carbocycles. The smallest absolute Gasteiger partial charge is 0.203 e. The Morgan fingerprint density at radius 2 is 1.50 bits per heavy atom. The molecule has 0 aliphatic rings. The van der Waals surface area contributed by atoms with Gasteiger partial charge in [0, 0.05) is 25.8 Å². The maximum atomic E-state index is 13.3. The van der Waals surface area contributed by atoms with Crippen molar-refractivity contribution in [3.8, 4) is 28.7 Å². The normalized spacial score (nSPS) is 11.9. The quantitative estimate of drug-likeness (QED) is 0.496. The highest BCUT2D eigenvalue weighted by molar-refractivity contribution is 6.04. The minimum Gasteiger partial charge on any atom is -0.508 e. The third kappa shape index (κ3) is 3.97. The molecular formula is C20H24O8. The van der Waals surface area contributed by atoms with Crippen molar-refractivity contribution >= 4 is 5.78 Å². The molecule has 0 fully saturated rings. The van der Waals surface area contributed by atoms with Gasteiger partial charge in [-0.15, -0.1) is 0 Å². The Bertz CT molecular complexity index is 829. The van der Waals surface area contributed by atoms with Gasteiger partial charge in [0.15, 0.2) is 23.6 Å². The van der Waals surface area contributed by atoms with Gasteiger partial charge in [0.1, 0.15) is 17.4 Å². The summed E-state index contributed by atoms with van der Waals surface area (Å²) < 4.78 is 26.9. The Balaban J connectivity index is 2.69. The average Bonchev–Trinajstić information content (AvgIpc) is 2.70. The van der Waals surface area contributed by atoms with E-state index < -0.39 is 18.0 Å². The molecule has 0 saturated heterocycles. The molecule has 28 heavy (non-hydrogen) atoms. The fraction of sp³-hybridized carbons (Fsp3) is 0.350. The molecule has 8 heteroatoms. The van der Waals surface area contributed by atoms with E-state index in [2.05, 4.69) is 0 Å². The van der Waals surface area contributed by atoms with E-state index in [0.717, 1.165) is 6.07 Å². The molecule has 152 valence electrons. The van der Waals surface area contributed by atoms with E-state index in [1.54, 1.807) is 12.1 Å². The highest BCUT2D eigenvalue weighted by atomic mass is 16.7. The first-order valence-corrected chi connectivity index (χ1v) is 8.34. The molecular weight excluding hydrogens is 368 g/mol. The molecule has 1 unspecified atom stereocenters. The van der Waals surface area contributed by atoms with Crippen LogP contribution in [0.3, 0.4) is 0 Å². The number of carbonyl (C=O) groups is 1. The standard InChI is InChI=1S/C20H24O8/c1-24-15-9-8-13(18(25-2)19(15)26-3)16(20(27-4)28-5)17(23)12-7-6-11(21)10-14(12)22/h6-10,16,20-22H,1-5H3. The minimum absolute atomic E-state index is 0.00117. The van der Waals surface area contributed by atoms with Crippen molar-refractivity contribution in [1.82, 2.24) is 0 Å². The minimum atomic E-state index is -1.000. The highest BCUT2D eigenvalue weighted by Crippen LogP contribution is 2.45. The van der Waals surface area contributed by atoms with E-state index in [0.29, 0.717) is 17.1 Å². The first-order valence-electron chi connectivity index (χ1n) is 8.34. The van der Waals surface area contributed by atoms with Crippen LogP contribution in [0.25, 0.3) is 0 Å². The van der Waals surface area contributed by atoms with E-state index in [1.807, 2.05) is 0 Å². The van der Waals surface area contributed by atoms with Gasteiger partial charge in [-0.25, -0.2) is 0 Å². The van der Waals surface area contributed by atoms with Crippen molar-refractivity contribution in [2.75, 3.05) is 35.5 Å². The summed E-state index contributed by atoms with van der Waals surface area (Å²) in [5.41, 5.74) is 0.421. The predicted octanol–water partition coefficient (Wildman–Crippen LogP) is 2.71. The van der Waals surface area contributed by atoms with E-state index in [4.69, 9.17) is 23.7 Å². The van der Waals surface area contributed by atoms with Gasteiger partial charge in [0.05, 0.1) is 26.9 Å². The number of ketones is 1. The first kappa shape index (κ1) is 21.3. The van der Waals surface area contributed by atoms with Gasteiger partial charge in [-0.2, -0.15) is 0 Å². The number of Topliss-reactive ketones (excluding diaryl/α,β-unsaturated/α-hetero) is 1. The second kappa shape index (κ2) is 9.29. The van der Waals surface area contributed by atoms with Gasteiger partial charge in [0.2, 0.25) is 5.75 Å². The molecule has 2 rings (SSSR count). The van der Waals surface area contributed by atoms with Crippen molar-refractivity contribution in [1.29, 1.82) is 0 Å². The van der Waals surface area contributed by atoms with Crippen LogP contribution in [-0.2, 0) is 9.47 Å². The monoisotopic (exact) mass is 392 g/mol. The second-order valence-corrected chi connectivity index (χ2v) is 5.81. The topological polar surface area (TPSA) is 104 Å². The van der Waals surface area contributed by atoms with Crippen molar-refractivity contribution in [2.45, 2.75) is 12.2 Å². The van der Waals surface area contributed by atoms with Crippen LogP contribution < -0.4 is 14.2 Å². The van der Waals surface area contributed by atoms with Crippen LogP contribution in [0, 0.1) is 0 Å². The summed E-state index contributed by atoms with van der Waals surface area (Å²) in [7, 11) is 7.18. The molecule has 2 N–H and O–H groups in total. The Morgan fingerprint density at radius 1 is 0.857 bits per heavy atom. The number of methoxy groups -OCH3 is 5. The lowest BCUT2D eigenvalue weighted by Gasteiger charge is -2.27. The summed E-state index contributed by atoms with van der Waals surface area (Å²) in [4.78, 5) is 13.3. The molecule has 0 aliphatic heterocycles. The van der Waals surface area contributed by atoms with E-state index >= 15 is 0 Å². The molecule has 1 atom stereocenters. The lowest BCUT2D eigenvalue weighted by atomic mass is 9.88. The molecule has 2 aromatic carbocycles. The number of rotatable bonds is 9. The Kier molecular flexibility index (Phi) is 7.08. The van der Waals surface area contributed by atoms with Crippen LogP contribution in [-0.4, -0.2) is 57.8 Å². The molecule has 0 spiro atoms. The maximum Gasteiger partial charge on any atom is 0.203 e. The van der Waals surface area contributed by atoms with E-state index in [9.17, 15) is 15.0 Å². The number of benzene rings is 2. The Labute approximate surface area is 163 Å². The summed E-state index contributed by atoms with van der Waals surface area (Å²) in [6, 6.07) is 7.01. The lowest BCUT2D eigenvalue weighted by Crippen LogP contribution is -2.30. The van der Waals surface area contributed by atoms with Crippen molar-refractivity contribution in [2.24, 2.45) is 0 Å². The Morgan fingerprint density at radius 3 is 2.00 bits per heavy atom. The van der Waals surface area contributed by atoms with Crippen LogP contribution in [0.2, 0.25) is 0 Å². The molecule has 8 nitrogen and oxygen atoms in total. The Hall–Kier alpha value is -2.97. The molecule has 0 aromatic heterocycles. The van der Waals surface area contributed by atoms with E-state index in [1.165, 1.54) is 47.7 Å². The molecule has 2 aromatic rings. The van der Waals surface area contributed by atoms with Crippen LogP contribution in [0.1, 0.15) is 21.8 Å². The zero-order valence-corrected chi connectivity index (χ0v) is 16.4. The second-order valence-electron chi connectivity index (χ2n) is 5.81. The summed E-state index contributed by atoms with van der Waals surface area (Å²) in [5.74, 6) is -1.01. The zero-order chi connectivity index (χ0) is 20.8. The fourth-order valence-electron chi connectivity index (χ4n) is 3.05. The molecule has 0 bridgehead atoms. The number of aromatic hydroxyl groups is 2. The van der Waals surface area contributed by atoms with Crippen LogP contribution in [0.15, 0.2) is 30.3 Å². The first-order chi connectivity index (χ1) is 13.4. The van der Waals surface area contributed by atoms with Crippen LogP contribution >= 0.6 is 0 Å². The SMILES string of the molecule is COc1ccc(C(C(=O)c2ccc(O)cc2O)C(OC)OC)c(OC)c1OC. The van der Waals surface area contributed by atoms with Gasteiger partial charge in [-0.05, 0) is 18.2 Å². The lowest BCUT2D eigenvalue weighted by molar-refractivity contribution is -0.110. The number of carbonyl (C=O) groups excluding carboxylic acids is 1. The van der Waals surface area contributed by atoms with Crippen molar-refractivity contribution in [3.05, 3.63) is 41.5 Å². The third-order valence-corrected chi connectivity index (χ3v) is 4.34. The van der Waals surface area contributed by atoms with E-state index in [-0.39, 0.29) is 22.8 Å². The summed E-state index contributed by atoms with van der Waals surface area (Å²) in [6.45, 7) is 0. The van der Waals surface area contributed by atoms with Gasteiger partial charge in [-0.3, -0.25) is 4.79 Å². The number of phenols is 2. The number of phenolic OH excluding ortho intramolecular Hbond substituents is 2. The molecule has 0 saturated carbocycles. The van der Waals surface area contributed by atoms with Crippen LogP contribution in [0.4, 0.5) is 0 Å². The highest BCUT2D eigenvalue weighted by Gasteiger charge is 2.36. The largest absolute Gasteiger partial charge is 0.508 e. The summed E-state index contributed by atoms with van der Waals surface area (Å²) in [5, 5.41) is 19.7. The maximum absolute atomic E-state index is 13.3. The number of hydrogen-bond donors (Lipinski definition) is 2. The molecule has 0 amide bonds. The average molecular weight is 392 g/mol. The predicted molar refractivity (Wildman–Crippen MR) is 101 cm³/mol. The third-order valence-electron chi connectivity index (χ3n) is 4.34. The molecule has 0 radical (unpaired) electrons. The van der Waals surface area contributed by atoms with Gasteiger partial charge in [-0.1, -0.05) is 6.07 Å².